The standard InChI is InChI=1S/C10H7BrClN3O2S/c11-6-2-1-3-7(4-6)18(16,17)10-14-8(12)5-9(13)15-10/h1-5H,(H2,13,14,15). The monoisotopic (exact) mass is 347 g/mol. The summed E-state index contributed by atoms with van der Waals surface area (Å²) < 4.78 is 25.1. The molecule has 0 unspecified atom stereocenters. The van der Waals surface area contributed by atoms with Gasteiger partial charge in [0.25, 0.3) is 5.16 Å². The van der Waals surface area contributed by atoms with Crippen molar-refractivity contribution >= 4 is 43.2 Å². The summed E-state index contributed by atoms with van der Waals surface area (Å²) in [5.74, 6) is 0.00331. The Labute approximate surface area is 117 Å². The summed E-state index contributed by atoms with van der Waals surface area (Å²) in [6, 6.07) is 7.49. The van der Waals surface area contributed by atoms with Crippen molar-refractivity contribution in [2.45, 2.75) is 10.1 Å². The summed E-state index contributed by atoms with van der Waals surface area (Å²) in [6.45, 7) is 0. The van der Waals surface area contributed by atoms with Gasteiger partial charge in [-0.3, -0.25) is 0 Å². The van der Waals surface area contributed by atoms with Crippen molar-refractivity contribution < 1.29 is 8.42 Å². The second-order valence-corrected chi connectivity index (χ2v) is 6.51. The first kappa shape index (κ1) is 13.3. The number of aromatic nitrogens is 2. The van der Waals surface area contributed by atoms with Crippen molar-refractivity contribution in [1.82, 2.24) is 9.97 Å². The van der Waals surface area contributed by atoms with Crippen LogP contribution in [0.15, 0.2) is 44.9 Å². The molecule has 0 fully saturated rings. The minimum absolute atomic E-state index is 0.00331. The van der Waals surface area contributed by atoms with E-state index in [1.807, 2.05) is 0 Å². The molecule has 0 spiro atoms. The average Bonchev–Trinajstić information content (AvgIpc) is 2.27. The maximum Gasteiger partial charge on any atom is 0.255 e. The van der Waals surface area contributed by atoms with E-state index >= 15 is 0 Å². The van der Waals surface area contributed by atoms with Gasteiger partial charge in [-0.2, -0.15) is 0 Å². The summed E-state index contributed by atoms with van der Waals surface area (Å²) in [5, 5.41) is -0.429. The third-order valence-corrected chi connectivity index (χ3v) is 4.27. The first-order valence-corrected chi connectivity index (χ1v) is 7.36. The first-order chi connectivity index (χ1) is 8.39. The Morgan fingerprint density at radius 1 is 1.22 bits per heavy atom. The molecule has 0 bridgehead atoms. The van der Waals surface area contributed by atoms with E-state index in [0.717, 1.165) is 0 Å². The second-order valence-electron chi connectivity index (χ2n) is 3.36. The third-order valence-electron chi connectivity index (χ3n) is 2.04. The van der Waals surface area contributed by atoms with Crippen LogP contribution in [0.3, 0.4) is 0 Å². The molecule has 0 saturated carbocycles. The lowest BCUT2D eigenvalue weighted by Crippen LogP contribution is -2.09. The van der Waals surface area contributed by atoms with Crippen LogP contribution in [0, 0.1) is 0 Å². The summed E-state index contributed by atoms with van der Waals surface area (Å²) in [7, 11) is -3.82. The smallest absolute Gasteiger partial charge is 0.255 e. The predicted octanol–water partition coefficient (Wildman–Crippen LogP) is 2.31. The lowest BCUT2D eigenvalue weighted by Gasteiger charge is -2.04. The number of anilines is 1. The molecule has 2 rings (SSSR count). The van der Waals surface area contributed by atoms with Gasteiger partial charge in [-0.15, -0.1) is 0 Å². The molecule has 1 heterocycles. The van der Waals surface area contributed by atoms with Crippen LogP contribution in [0.2, 0.25) is 5.15 Å². The zero-order chi connectivity index (χ0) is 13.3. The highest BCUT2D eigenvalue weighted by Crippen LogP contribution is 2.22. The lowest BCUT2D eigenvalue weighted by atomic mass is 10.4. The molecule has 0 aliphatic rings. The van der Waals surface area contributed by atoms with Crippen LogP contribution in [-0.4, -0.2) is 18.4 Å². The summed E-state index contributed by atoms with van der Waals surface area (Å²) in [5.41, 5.74) is 5.45. The van der Waals surface area contributed by atoms with Crippen molar-refractivity contribution in [2.24, 2.45) is 0 Å². The molecule has 1 aromatic carbocycles. The van der Waals surface area contributed by atoms with Crippen LogP contribution in [0.25, 0.3) is 0 Å². The number of rotatable bonds is 2. The van der Waals surface area contributed by atoms with Crippen molar-refractivity contribution in [3.8, 4) is 0 Å². The maximum atomic E-state index is 12.2. The number of nitrogens with zero attached hydrogens (tertiary/aromatic N) is 2. The number of halogens is 2. The van der Waals surface area contributed by atoms with E-state index in [-0.39, 0.29) is 15.9 Å². The Morgan fingerprint density at radius 3 is 2.56 bits per heavy atom. The molecule has 94 valence electrons. The Bertz CT molecular complexity index is 686. The van der Waals surface area contributed by atoms with Gasteiger partial charge in [-0.25, -0.2) is 18.4 Å². The van der Waals surface area contributed by atoms with Crippen LogP contribution in [-0.2, 0) is 9.84 Å². The molecule has 1 aromatic heterocycles. The summed E-state index contributed by atoms with van der Waals surface area (Å²) >= 11 is 8.87. The van der Waals surface area contributed by atoms with Crippen molar-refractivity contribution in [3.05, 3.63) is 40.0 Å². The molecule has 2 N–H and O–H groups in total. The van der Waals surface area contributed by atoms with Gasteiger partial charge in [0.05, 0.1) is 4.90 Å². The van der Waals surface area contributed by atoms with Crippen LogP contribution < -0.4 is 5.73 Å². The van der Waals surface area contributed by atoms with Crippen LogP contribution in [0.4, 0.5) is 5.82 Å². The summed E-state index contributed by atoms with van der Waals surface area (Å²) in [6.07, 6.45) is 0. The number of nitrogens with two attached hydrogens (primary N) is 1. The van der Waals surface area contributed by atoms with Crippen molar-refractivity contribution in [1.29, 1.82) is 0 Å². The fourth-order valence-electron chi connectivity index (χ4n) is 1.27. The Morgan fingerprint density at radius 2 is 1.94 bits per heavy atom. The molecular formula is C10H7BrClN3O2S. The van der Waals surface area contributed by atoms with Gasteiger partial charge in [-0.1, -0.05) is 33.6 Å². The van der Waals surface area contributed by atoms with E-state index in [1.165, 1.54) is 18.2 Å². The van der Waals surface area contributed by atoms with Crippen LogP contribution in [0.1, 0.15) is 0 Å². The minimum atomic E-state index is -3.82. The normalized spacial score (nSPS) is 11.4. The molecule has 8 heteroatoms. The first-order valence-electron chi connectivity index (χ1n) is 4.70. The van der Waals surface area contributed by atoms with E-state index in [9.17, 15) is 8.42 Å². The average molecular weight is 349 g/mol. The topological polar surface area (TPSA) is 85.9 Å². The second kappa shape index (κ2) is 4.83. The van der Waals surface area contributed by atoms with Crippen LogP contribution in [0.5, 0.6) is 0 Å². The molecule has 18 heavy (non-hydrogen) atoms. The van der Waals surface area contributed by atoms with E-state index < -0.39 is 15.0 Å². The zero-order valence-electron chi connectivity index (χ0n) is 8.84. The minimum Gasteiger partial charge on any atom is -0.384 e. The van der Waals surface area contributed by atoms with Gasteiger partial charge in [-0.05, 0) is 18.2 Å². The fraction of sp³-hybridized carbons (Fsp3) is 0. The van der Waals surface area contributed by atoms with E-state index in [0.29, 0.717) is 4.47 Å². The van der Waals surface area contributed by atoms with Crippen molar-refractivity contribution in [2.75, 3.05) is 5.73 Å². The highest BCUT2D eigenvalue weighted by molar-refractivity contribution is 9.10. The molecular weight excluding hydrogens is 342 g/mol. The summed E-state index contributed by atoms with van der Waals surface area (Å²) in [4.78, 5) is 7.44. The number of sulfone groups is 1. The van der Waals surface area contributed by atoms with Gasteiger partial charge in [0.15, 0.2) is 0 Å². The van der Waals surface area contributed by atoms with Gasteiger partial charge in [0, 0.05) is 10.5 Å². The molecule has 0 aliphatic heterocycles. The SMILES string of the molecule is Nc1cc(Cl)nc(S(=O)(=O)c2cccc(Br)c2)n1. The Kier molecular flexibility index (Phi) is 3.56. The largest absolute Gasteiger partial charge is 0.384 e. The van der Waals surface area contributed by atoms with Crippen molar-refractivity contribution in [3.63, 3.8) is 0 Å². The molecule has 0 amide bonds. The highest BCUT2D eigenvalue weighted by Gasteiger charge is 2.22. The predicted molar refractivity (Wildman–Crippen MR) is 71.0 cm³/mol. The van der Waals surface area contributed by atoms with E-state index in [2.05, 4.69) is 25.9 Å². The number of nitrogen functional groups attached to an aromatic ring is 1. The Balaban J connectivity index is 2.61. The van der Waals surface area contributed by atoms with E-state index in [1.54, 1.807) is 12.1 Å². The molecule has 0 atom stereocenters. The number of hydrogen-bond acceptors (Lipinski definition) is 5. The Hall–Kier alpha value is -1.18. The van der Waals surface area contributed by atoms with Gasteiger partial charge in [0.2, 0.25) is 9.84 Å². The highest BCUT2D eigenvalue weighted by atomic mass is 79.9. The third kappa shape index (κ3) is 2.63. The molecule has 2 aromatic rings. The molecule has 0 saturated heterocycles. The fourth-order valence-corrected chi connectivity index (χ4v) is 3.26. The van der Waals surface area contributed by atoms with Gasteiger partial charge in [0.1, 0.15) is 11.0 Å². The maximum absolute atomic E-state index is 12.2. The van der Waals surface area contributed by atoms with Gasteiger partial charge >= 0.3 is 0 Å². The number of benzene rings is 1. The lowest BCUT2D eigenvalue weighted by molar-refractivity contribution is 0.587. The number of hydrogen-bond donors (Lipinski definition) is 1. The van der Waals surface area contributed by atoms with E-state index in [4.69, 9.17) is 17.3 Å². The van der Waals surface area contributed by atoms with Crippen LogP contribution >= 0.6 is 27.5 Å². The zero-order valence-corrected chi connectivity index (χ0v) is 12.0. The molecule has 0 aliphatic carbocycles. The van der Waals surface area contributed by atoms with Gasteiger partial charge < -0.3 is 5.73 Å². The molecule has 5 nitrogen and oxygen atoms in total. The molecule has 0 radical (unpaired) electrons. The quantitative estimate of drug-likeness (QED) is 0.665.